The first-order chi connectivity index (χ1) is 6.02. The van der Waals surface area contributed by atoms with Crippen molar-refractivity contribution in [3.63, 3.8) is 0 Å². The summed E-state index contributed by atoms with van der Waals surface area (Å²) in [4.78, 5) is 0. The zero-order chi connectivity index (χ0) is 10.0. The van der Waals surface area contributed by atoms with Crippen LogP contribution in [0.25, 0.3) is 0 Å². The van der Waals surface area contributed by atoms with Crippen molar-refractivity contribution >= 4 is 0 Å². The molecule has 72 valence electrons. The molecular formula is C8H8F2O3. The highest BCUT2D eigenvalue weighted by molar-refractivity contribution is 5.40. The summed E-state index contributed by atoms with van der Waals surface area (Å²) in [5.74, 6) is -0.752. The predicted octanol–water partition coefficient (Wildman–Crippen LogP) is 1.40. The van der Waals surface area contributed by atoms with Gasteiger partial charge in [-0.3, -0.25) is 0 Å². The smallest absolute Gasteiger partial charge is 0.268 e. The van der Waals surface area contributed by atoms with Crippen molar-refractivity contribution in [1.82, 2.24) is 0 Å². The SMILES string of the molecule is Oc1ccc(O)c(C(O)C(F)F)c1. The van der Waals surface area contributed by atoms with Gasteiger partial charge in [-0.1, -0.05) is 0 Å². The first-order valence-corrected chi connectivity index (χ1v) is 3.50. The summed E-state index contributed by atoms with van der Waals surface area (Å²) in [5.41, 5.74) is -0.380. The highest BCUT2D eigenvalue weighted by atomic mass is 19.3. The van der Waals surface area contributed by atoms with Crippen molar-refractivity contribution in [3.05, 3.63) is 23.8 Å². The van der Waals surface area contributed by atoms with Crippen LogP contribution in [0.2, 0.25) is 0 Å². The van der Waals surface area contributed by atoms with E-state index < -0.39 is 18.3 Å². The minimum absolute atomic E-state index is 0.285. The van der Waals surface area contributed by atoms with Crippen LogP contribution in [0.4, 0.5) is 8.78 Å². The molecule has 0 amide bonds. The van der Waals surface area contributed by atoms with Gasteiger partial charge in [0.2, 0.25) is 0 Å². The molecule has 0 saturated carbocycles. The lowest BCUT2D eigenvalue weighted by Crippen LogP contribution is -2.07. The number of aliphatic hydroxyl groups is 1. The molecule has 1 unspecified atom stereocenters. The molecule has 3 nitrogen and oxygen atoms in total. The van der Waals surface area contributed by atoms with Crippen LogP contribution in [0.5, 0.6) is 11.5 Å². The van der Waals surface area contributed by atoms with Gasteiger partial charge in [0.05, 0.1) is 0 Å². The lowest BCUT2D eigenvalue weighted by atomic mass is 10.1. The lowest BCUT2D eigenvalue weighted by molar-refractivity contribution is -0.00707. The van der Waals surface area contributed by atoms with E-state index in [4.69, 9.17) is 15.3 Å². The molecule has 13 heavy (non-hydrogen) atoms. The summed E-state index contributed by atoms with van der Waals surface area (Å²) in [5, 5.41) is 26.8. The third kappa shape index (κ3) is 2.06. The van der Waals surface area contributed by atoms with Gasteiger partial charge in [0.15, 0.2) is 0 Å². The third-order valence-corrected chi connectivity index (χ3v) is 1.57. The van der Waals surface area contributed by atoms with Crippen molar-refractivity contribution in [2.45, 2.75) is 12.5 Å². The third-order valence-electron chi connectivity index (χ3n) is 1.57. The number of aliphatic hydroxyl groups excluding tert-OH is 1. The number of phenols is 2. The molecule has 0 saturated heterocycles. The Bertz CT molecular complexity index is 301. The summed E-state index contributed by atoms with van der Waals surface area (Å²) in [6.45, 7) is 0. The maximum atomic E-state index is 12.0. The summed E-state index contributed by atoms with van der Waals surface area (Å²) in [7, 11) is 0. The summed E-state index contributed by atoms with van der Waals surface area (Å²) in [6.07, 6.45) is -5.07. The van der Waals surface area contributed by atoms with Gasteiger partial charge in [-0.25, -0.2) is 8.78 Å². The highest BCUT2D eigenvalue weighted by Gasteiger charge is 2.22. The average Bonchev–Trinajstić information content (AvgIpc) is 2.08. The fraction of sp³-hybridized carbons (Fsp3) is 0.250. The van der Waals surface area contributed by atoms with Crippen LogP contribution in [0.1, 0.15) is 11.7 Å². The van der Waals surface area contributed by atoms with Crippen molar-refractivity contribution in [3.8, 4) is 11.5 Å². The molecule has 1 rings (SSSR count). The standard InChI is InChI=1S/C8H8F2O3/c9-8(10)7(13)5-3-4(11)1-2-6(5)12/h1-3,7-8,11-13H. The van der Waals surface area contributed by atoms with Gasteiger partial charge in [-0.2, -0.15) is 0 Å². The number of halogens is 2. The molecular weight excluding hydrogens is 182 g/mol. The van der Waals surface area contributed by atoms with Crippen molar-refractivity contribution in [2.75, 3.05) is 0 Å². The molecule has 1 atom stereocenters. The monoisotopic (exact) mass is 190 g/mol. The van der Waals surface area contributed by atoms with E-state index in [-0.39, 0.29) is 11.3 Å². The second-order valence-corrected chi connectivity index (χ2v) is 2.52. The van der Waals surface area contributed by atoms with Crippen LogP contribution >= 0.6 is 0 Å². The minimum atomic E-state index is -2.99. The molecule has 0 fully saturated rings. The van der Waals surface area contributed by atoms with Gasteiger partial charge in [-0.05, 0) is 18.2 Å². The van der Waals surface area contributed by atoms with E-state index in [0.29, 0.717) is 0 Å². The molecule has 0 radical (unpaired) electrons. The summed E-state index contributed by atoms with van der Waals surface area (Å²) < 4.78 is 24.0. The van der Waals surface area contributed by atoms with E-state index in [9.17, 15) is 8.78 Å². The Morgan fingerprint density at radius 1 is 1.15 bits per heavy atom. The number of alkyl halides is 2. The Morgan fingerprint density at radius 2 is 1.77 bits per heavy atom. The van der Waals surface area contributed by atoms with Gasteiger partial charge < -0.3 is 15.3 Å². The number of hydrogen-bond donors (Lipinski definition) is 3. The molecule has 0 aromatic heterocycles. The fourth-order valence-electron chi connectivity index (χ4n) is 0.915. The van der Waals surface area contributed by atoms with Crippen LogP contribution in [-0.4, -0.2) is 21.7 Å². The number of phenolic OH excluding ortho intramolecular Hbond substituents is 2. The van der Waals surface area contributed by atoms with E-state index in [0.717, 1.165) is 18.2 Å². The number of hydrogen-bond acceptors (Lipinski definition) is 3. The van der Waals surface area contributed by atoms with Crippen LogP contribution in [0.3, 0.4) is 0 Å². The average molecular weight is 190 g/mol. The van der Waals surface area contributed by atoms with E-state index >= 15 is 0 Å². The van der Waals surface area contributed by atoms with E-state index in [1.165, 1.54) is 0 Å². The van der Waals surface area contributed by atoms with Gasteiger partial charge >= 0.3 is 0 Å². The maximum absolute atomic E-state index is 12.0. The Kier molecular flexibility index (Phi) is 2.67. The first-order valence-electron chi connectivity index (χ1n) is 3.50. The number of benzene rings is 1. The highest BCUT2D eigenvalue weighted by Crippen LogP contribution is 2.30. The van der Waals surface area contributed by atoms with E-state index in [2.05, 4.69) is 0 Å². The van der Waals surface area contributed by atoms with Crippen molar-refractivity contribution in [2.24, 2.45) is 0 Å². The van der Waals surface area contributed by atoms with Crippen LogP contribution in [0, 0.1) is 0 Å². The normalized spacial score (nSPS) is 13.2. The molecule has 3 N–H and O–H groups in total. The Labute approximate surface area is 72.9 Å². The van der Waals surface area contributed by atoms with Gasteiger partial charge in [0.25, 0.3) is 6.43 Å². The molecule has 0 aliphatic carbocycles. The molecule has 0 bridgehead atoms. The minimum Gasteiger partial charge on any atom is -0.508 e. The molecule has 0 spiro atoms. The molecule has 0 heterocycles. The lowest BCUT2D eigenvalue weighted by Gasteiger charge is -2.11. The van der Waals surface area contributed by atoms with Crippen LogP contribution < -0.4 is 0 Å². The molecule has 0 aliphatic heterocycles. The Balaban J connectivity index is 3.05. The largest absolute Gasteiger partial charge is 0.508 e. The topological polar surface area (TPSA) is 60.7 Å². The first kappa shape index (κ1) is 9.73. The van der Waals surface area contributed by atoms with Crippen LogP contribution in [-0.2, 0) is 0 Å². The van der Waals surface area contributed by atoms with Crippen molar-refractivity contribution < 1.29 is 24.1 Å². The van der Waals surface area contributed by atoms with E-state index in [1.54, 1.807) is 0 Å². The second-order valence-electron chi connectivity index (χ2n) is 2.52. The predicted molar refractivity (Wildman–Crippen MR) is 40.7 cm³/mol. The zero-order valence-electron chi connectivity index (χ0n) is 6.48. The number of rotatable bonds is 2. The van der Waals surface area contributed by atoms with Gasteiger partial charge in [0.1, 0.15) is 17.6 Å². The van der Waals surface area contributed by atoms with Gasteiger partial charge in [0, 0.05) is 5.56 Å². The maximum Gasteiger partial charge on any atom is 0.268 e. The van der Waals surface area contributed by atoms with Crippen LogP contribution in [0.15, 0.2) is 18.2 Å². The molecule has 0 aliphatic rings. The summed E-state index contributed by atoms with van der Waals surface area (Å²) in [6, 6.07) is 3.07. The fourth-order valence-corrected chi connectivity index (χ4v) is 0.915. The quantitative estimate of drug-likeness (QED) is 0.617. The second kappa shape index (κ2) is 3.57. The Hall–Kier alpha value is -1.36. The van der Waals surface area contributed by atoms with E-state index in [1.807, 2.05) is 0 Å². The number of aromatic hydroxyl groups is 2. The molecule has 1 aromatic carbocycles. The van der Waals surface area contributed by atoms with Crippen molar-refractivity contribution in [1.29, 1.82) is 0 Å². The van der Waals surface area contributed by atoms with Gasteiger partial charge in [-0.15, -0.1) is 0 Å². The Morgan fingerprint density at radius 3 is 2.31 bits per heavy atom. The zero-order valence-corrected chi connectivity index (χ0v) is 6.48. The molecule has 1 aromatic rings. The molecule has 5 heteroatoms. The summed E-state index contributed by atoms with van der Waals surface area (Å²) >= 11 is 0.